The predicted molar refractivity (Wildman–Crippen MR) is 95.3 cm³/mol. The number of carbonyl (C=O) groups excluding carboxylic acids is 2. The fourth-order valence-electron chi connectivity index (χ4n) is 2.73. The van der Waals surface area contributed by atoms with E-state index >= 15 is 0 Å². The average molecular weight is 355 g/mol. The molecule has 1 aliphatic heterocycles. The molecule has 1 N–H and O–H groups in total. The lowest BCUT2D eigenvalue weighted by Crippen LogP contribution is -2.30. The Hall–Kier alpha value is -3.02. The first-order chi connectivity index (χ1) is 12.7. The van der Waals surface area contributed by atoms with E-state index < -0.39 is 12.0 Å². The Morgan fingerprint density at radius 2 is 1.81 bits per heavy atom. The minimum Gasteiger partial charge on any atom is -0.490 e. The molecule has 0 aromatic heterocycles. The average Bonchev–Trinajstić information content (AvgIpc) is 2.92. The lowest BCUT2D eigenvalue weighted by Gasteiger charge is -2.18. The summed E-state index contributed by atoms with van der Waals surface area (Å²) in [5, 5.41) is 2.90. The van der Waals surface area contributed by atoms with Gasteiger partial charge >= 0.3 is 5.97 Å². The smallest absolute Gasteiger partial charge is 0.307 e. The number of esters is 1. The molecule has 6 nitrogen and oxygen atoms in total. The molecule has 1 atom stereocenters. The molecule has 1 heterocycles. The minimum absolute atomic E-state index is 0.0524. The topological polar surface area (TPSA) is 73.9 Å². The second-order valence-electron chi connectivity index (χ2n) is 5.93. The van der Waals surface area contributed by atoms with Crippen molar-refractivity contribution in [2.75, 3.05) is 20.3 Å². The van der Waals surface area contributed by atoms with Crippen LogP contribution in [0.25, 0.3) is 0 Å². The van der Waals surface area contributed by atoms with Crippen LogP contribution in [0, 0.1) is 0 Å². The molecule has 6 heteroatoms. The van der Waals surface area contributed by atoms with Crippen LogP contribution in [0.4, 0.5) is 0 Å². The second-order valence-corrected chi connectivity index (χ2v) is 5.93. The third kappa shape index (κ3) is 4.33. The van der Waals surface area contributed by atoms with E-state index in [9.17, 15) is 9.59 Å². The molecule has 1 aliphatic rings. The highest BCUT2D eigenvalue weighted by molar-refractivity contribution is 5.95. The van der Waals surface area contributed by atoms with Crippen LogP contribution in [-0.4, -0.2) is 32.2 Å². The number of amides is 1. The zero-order chi connectivity index (χ0) is 18.4. The van der Waals surface area contributed by atoms with Gasteiger partial charge in [-0.3, -0.25) is 9.59 Å². The molecular weight excluding hydrogens is 334 g/mol. The van der Waals surface area contributed by atoms with Crippen LogP contribution >= 0.6 is 0 Å². The van der Waals surface area contributed by atoms with Crippen molar-refractivity contribution < 1.29 is 23.8 Å². The van der Waals surface area contributed by atoms with Crippen molar-refractivity contribution in [1.82, 2.24) is 5.32 Å². The Bertz CT molecular complexity index is 775. The van der Waals surface area contributed by atoms with E-state index in [1.165, 1.54) is 7.11 Å². The monoisotopic (exact) mass is 355 g/mol. The molecule has 0 saturated carbocycles. The quantitative estimate of drug-likeness (QED) is 0.835. The highest BCUT2D eigenvalue weighted by Gasteiger charge is 2.21. The maximum absolute atomic E-state index is 12.7. The number of nitrogens with one attached hydrogen (secondary N) is 1. The van der Waals surface area contributed by atoms with Gasteiger partial charge in [-0.1, -0.05) is 30.3 Å². The van der Waals surface area contributed by atoms with Gasteiger partial charge in [0.05, 0.1) is 32.8 Å². The summed E-state index contributed by atoms with van der Waals surface area (Å²) in [5.41, 5.74) is 1.28. The number of fused-ring (bicyclic) bond motifs is 1. The van der Waals surface area contributed by atoms with Crippen molar-refractivity contribution >= 4 is 11.9 Å². The summed E-state index contributed by atoms with van der Waals surface area (Å²) < 4.78 is 16.0. The third-order valence-electron chi connectivity index (χ3n) is 4.12. The van der Waals surface area contributed by atoms with Gasteiger partial charge in [-0.15, -0.1) is 0 Å². The van der Waals surface area contributed by atoms with E-state index in [2.05, 4.69) is 5.32 Å². The van der Waals surface area contributed by atoms with E-state index in [4.69, 9.17) is 14.2 Å². The summed E-state index contributed by atoms with van der Waals surface area (Å²) in [7, 11) is 1.33. The number of methoxy groups -OCH3 is 1. The number of rotatable bonds is 5. The van der Waals surface area contributed by atoms with Gasteiger partial charge in [-0.25, -0.2) is 0 Å². The van der Waals surface area contributed by atoms with Crippen LogP contribution in [0.3, 0.4) is 0 Å². The molecule has 0 radical (unpaired) electrons. The highest BCUT2D eigenvalue weighted by atomic mass is 16.5. The fraction of sp³-hybridized carbons (Fsp3) is 0.300. The lowest BCUT2D eigenvalue weighted by molar-refractivity contribution is -0.141. The Morgan fingerprint density at radius 1 is 1.08 bits per heavy atom. The van der Waals surface area contributed by atoms with Crippen LogP contribution in [0.5, 0.6) is 11.5 Å². The number of hydrogen-bond donors (Lipinski definition) is 1. The van der Waals surface area contributed by atoms with Crippen molar-refractivity contribution in [2.45, 2.75) is 18.9 Å². The van der Waals surface area contributed by atoms with Crippen LogP contribution in [-0.2, 0) is 9.53 Å². The molecule has 0 spiro atoms. The maximum Gasteiger partial charge on any atom is 0.307 e. The second kappa shape index (κ2) is 8.38. The van der Waals surface area contributed by atoms with Gasteiger partial charge in [0.25, 0.3) is 5.91 Å². The zero-order valence-electron chi connectivity index (χ0n) is 14.6. The number of benzene rings is 2. The van der Waals surface area contributed by atoms with Gasteiger partial charge in [0.15, 0.2) is 11.5 Å². The van der Waals surface area contributed by atoms with Gasteiger partial charge in [-0.2, -0.15) is 0 Å². The largest absolute Gasteiger partial charge is 0.490 e. The van der Waals surface area contributed by atoms with Gasteiger partial charge in [0.1, 0.15) is 0 Å². The molecule has 2 aromatic rings. The summed E-state index contributed by atoms with van der Waals surface area (Å²) >= 11 is 0. The third-order valence-corrected chi connectivity index (χ3v) is 4.12. The fourth-order valence-corrected chi connectivity index (χ4v) is 2.73. The summed E-state index contributed by atoms with van der Waals surface area (Å²) in [6, 6.07) is 13.9. The SMILES string of the molecule is COC(=O)CC(NC(=O)c1ccc2c(c1)OCCCO2)c1ccccc1. The first-order valence-corrected chi connectivity index (χ1v) is 8.49. The standard InChI is InChI=1S/C20H21NO5/c1-24-19(22)13-16(14-6-3-2-4-7-14)21-20(23)15-8-9-17-18(12-15)26-11-5-10-25-17/h2-4,6-9,12,16H,5,10-11,13H2,1H3,(H,21,23). The van der Waals surface area contributed by atoms with Crippen LogP contribution in [0.1, 0.15) is 34.8 Å². The van der Waals surface area contributed by atoms with E-state index in [0.717, 1.165) is 12.0 Å². The predicted octanol–water partition coefficient (Wildman–Crippen LogP) is 2.88. The number of hydrogen-bond acceptors (Lipinski definition) is 5. The molecule has 0 aliphatic carbocycles. The normalized spacial score (nSPS) is 14.0. The Morgan fingerprint density at radius 3 is 2.54 bits per heavy atom. The molecule has 0 saturated heterocycles. The molecule has 136 valence electrons. The van der Waals surface area contributed by atoms with Crippen molar-refractivity contribution in [2.24, 2.45) is 0 Å². The Kier molecular flexibility index (Phi) is 5.73. The van der Waals surface area contributed by atoms with Crippen molar-refractivity contribution in [3.8, 4) is 11.5 Å². The molecule has 26 heavy (non-hydrogen) atoms. The van der Waals surface area contributed by atoms with Crippen LogP contribution < -0.4 is 14.8 Å². The van der Waals surface area contributed by atoms with E-state index in [0.29, 0.717) is 30.3 Å². The highest BCUT2D eigenvalue weighted by Crippen LogP contribution is 2.30. The minimum atomic E-state index is -0.480. The molecule has 1 amide bonds. The first kappa shape index (κ1) is 17.8. The molecular formula is C20H21NO5. The summed E-state index contributed by atoms with van der Waals surface area (Å²) in [6.07, 6.45) is 0.849. The lowest BCUT2D eigenvalue weighted by atomic mass is 10.0. The van der Waals surface area contributed by atoms with Crippen molar-refractivity contribution in [3.63, 3.8) is 0 Å². The van der Waals surface area contributed by atoms with E-state index in [1.54, 1.807) is 18.2 Å². The summed E-state index contributed by atoms with van der Waals surface area (Å²) in [4.78, 5) is 24.4. The number of carbonyl (C=O) groups is 2. The van der Waals surface area contributed by atoms with E-state index in [1.807, 2.05) is 30.3 Å². The zero-order valence-corrected chi connectivity index (χ0v) is 14.6. The molecule has 0 fully saturated rings. The van der Waals surface area contributed by atoms with Gasteiger partial charge in [0.2, 0.25) is 0 Å². The van der Waals surface area contributed by atoms with Crippen LogP contribution in [0.2, 0.25) is 0 Å². The van der Waals surface area contributed by atoms with Crippen molar-refractivity contribution in [1.29, 1.82) is 0 Å². The van der Waals surface area contributed by atoms with E-state index in [-0.39, 0.29) is 12.3 Å². The summed E-state index contributed by atoms with van der Waals surface area (Å²) in [5.74, 6) is 0.504. The Labute approximate surface area is 152 Å². The first-order valence-electron chi connectivity index (χ1n) is 8.49. The van der Waals surface area contributed by atoms with Crippen molar-refractivity contribution in [3.05, 3.63) is 59.7 Å². The van der Waals surface area contributed by atoms with Gasteiger partial charge in [0, 0.05) is 12.0 Å². The maximum atomic E-state index is 12.7. The number of ether oxygens (including phenoxy) is 3. The van der Waals surface area contributed by atoms with Gasteiger partial charge < -0.3 is 19.5 Å². The Balaban J connectivity index is 1.79. The summed E-state index contributed by atoms with van der Waals surface area (Å²) in [6.45, 7) is 1.14. The molecule has 2 aromatic carbocycles. The molecule has 1 unspecified atom stereocenters. The molecule has 0 bridgehead atoms. The van der Waals surface area contributed by atoms with Crippen LogP contribution in [0.15, 0.2) is 48.5 Å². The molecule has 3 rings (SSSR count). The van der Waals surface area contributed by atoms with Gasteiger partial charge in [-0.05, 0) is 23.8 Å².